The first-order chi connectivity index (χ1) is 14.0. The third-order valence-corrected chi connectivity index (χ3v) is 5.40. The first kappa shape index (κ1) is 19.2. The Labute approximate surface area is 170 Å². The Morgan fingerprint density at radius 2 is 2.03 bits per heavy atom. The summed E-state index contributed by atoms with van der Waals surface area (Å²) in [5, 5.41) is 28.1. The predicted molar refractivity (Wildman–Crippen MR) is 114 cm³/mol. The summed E-state index contributed by atoms with van der Waals surface area (Å²) in [5.74, 6) is 0. The van der Waals surface area contributed by atoms with Gasteiger partial charge in [0.2, 0.25) is 0 Å². The van der Waals surface area contributed by atoms with Crippen molar-refractivity contribution in [2.45, 2.75) is 45.4 Å². The molecule has 3 heterocycles. The second kappa shape index (κ2) is 8.10. The van der Waals surface area contributed by atoms with Crippen LogP contribution in [0, 0.1) is 11.3 Å². The van der Waals surface area contributed by atoms with Crippen molar-refractivity contribution in [2.75, 3.05) is 23.3 Å². The van der Waals surface area contributed by atoms with Crippen LogP contribution in [0.3, 0.4) is 0 Å². The minimum Gasteiger partial charge on any atom is -0.393 e. The molecular weight excluding hydrogens is 364 g/mol. The summed E-state index contributed by atoms with van der Waals surface area (Å²) in [6.45, 7) is 6.35. The first-order valence-corrected chi connectivity index (χ1v) is 10.1. The van der Waals surface area contributed by atoms with E-state index in [2.05, 4.69) is 46.3 Å². The van der Waals surface area contributed by atoms with Gasteiger partial charge in [-0.25, -0.2) is 9.67 Å². The Kier molecular flexibility index (Phi) is 5.36. The van der Waals surface area contributed by atoms with Gasteiger partial charge < -0.3 is 15.3 Å². The number of hydrogen-bond donors (Lipinski definition) is 2. The Hall–Kier alpha value is -3.11. The van der Waals surface area contributed by atoms with Crippen LogP contribution in [0.15, 0.2) is 36.7 Å². The molecule has 3 aromatic rings. The lowest BCUT2D eigenvalue weighted by molar-refractivity contribution is 0.145. The summed E-state index contributed by atoms with van der Waals surface area (Å²) in [6, 6.07) is 10.6. The third-order valence-electron chi connectivity index (χ3n) is 5.40. The second-order valence-electron chi connectivity index (χ2n) is 7.85. The van der Waals surface area contributed by atoms with Crippen molar-refractivity contribution in [1.82, 2.24) is 14.8 Å². The van der Waals surface area contributed by atoms with E-state index in [1.807, 2.05) is 35.3 Å². The molecule has 1 aromatic carbocycles. The average Bonchev–Trinajstić information content (AvgIpc) is 3.16. The molecule has 0 amide bonds. The summed E-state index contributed by atoms with van der Waals surface area (Å²) in [4.78, 5) is 6.75. The van der Waals surface area contributed by atoms with Gasteiger partial charge in [0.05, 0.1) is 23.6 Å². The van der Waals surface area contributed by atoms with E-state index in [1.165, 1.54) is 0 Å². The summed E-state index contributed by atoms with van der Waals surface area (Å²) >= 11 is 0. The molecule has 1 aliphatic heterocycles. The molecule has 0 spiro atoms. The zero-order chi connectivity index (χ0) is 20.4. The molecule has 2 aromatic heterocycles. The van der Waals surface area contributed by atoms with Crippen molar-refractivity contribution in [3.05, 3.63) is 47.8 Å². The van der Waals surface area contributed by atoms with Gasteiger partial charge >= 0.3 is 0 Å². The van der Waals surface area contributed by atoms with Crippen molar-refractivity contribution >= 4 is 22.4 Å². The number of aliphatic hydroxyl groups is 1. The van der Waals surface area contributed by atoms with Crippen LogP contribution in [0.5, 0.6) is 0 Å². The summed E-state index contributed by atoms with van der Waals surface area (Å²) in [5.41, 5.74) is 4.45. The number of piperidine rings is 1. The van der Waals surface area contributed by atoms with Crippen molar-refractivity contribution < 1.29 is 5.11 Å². The van der Waals surface area contributed by atoms with Gasteiger partial charge in [-0.05, 0) is 56.5 Å². The highest BCUT2D eigenvalue weighted by Crippen LogP contribution is 2.27. The largest absolute Gasteiger partial charge is 0.393 e. The van der Waals surface area contributed by atoms with E-state index in [1.54, 1.807) is 0 Å². The maximum Gasteiger partial charge on any atom is 0.157 e. The quantitative estimate of drug-likeness (QED) is 0.693. The predicted octanol–water partition coefficient (Wildman–Crippen LogP) is 3.46. The SMILES string of the molecule is CC(C)n1ncc2cc(CNc3ccc(N4CCC(O)CC4)c(C#N)c3)cnc21. The van der Waals surface area contributed by atoms with Gasteiger partial charge in [0, 0.05) is 42.9 Å². The fraction of sp³-hybridized carbons (Fsp3) is 0.409. The first-order valence-electron chi connectivity index (χ1n) is 10.1. The smallest absolute Gasteiger partial charge is 0.157 e. The number of nitrogens with zero attached hydrogens (tertiary/aromatic N) is 5. The highest BCUT2D eigenvalue weighted by Gasteiger charge is 2.19. The summed E-state index contributed by atoms with van der Waals surface area (Å²) in [7, 11) is 0. The number of hydrogen-bond acceptors (Lipinski definition) is 6. The zero-order valence-corrected chi connectivity index (χ0v) is 16.8. The number of anilines is 2. The van der Waals surface area contributed by atoms with E-state index >= 15 is 0 Å². The molecule has 4 rings (SSSR count). The van der Waals surface area contributed by atoms with Gasteiger partial charge in [0.15, 0.2) is 5.65 Å². The number of nitrogens with one attached hydrogen (secondary N) is 1. The minimum absolute atomic E-state index is 0.226. The van der Waals surface area contributed by atoms with Gasteiger partial charge in [0.1, 0.15) is 6.07 Å². The van der Waals surface area contributed by atoms with Crippen molar-refractivity contribution in [3.63, 3.8) is 0 Å². The van der Waals surface area contributed by atoms with Crippen LogP contribution in [-0.4, -0.2) is 39.1 Å². The molecular formula is C22H26N6O. The van der Waals surface area contributed by atoms with Crippen LogP contribution in [0.2, 0.25) is 0 Å². The van der Waals surface area contributed by atoms with Gasteiger partial charge in [-0.3, -0.25) is 0 Å². The number of rotatable bonds is 5. The van der Waals surface area contributed by atoms with E-state index in [9.17, 15) is 10.4 Å². The standard InChI is InChI=1S/C22H26N6O/c1-15(2)28-22-18(14-26-28)9-16(13-25-22)12-24-19-3-4-21(17(10-19)11-23)27-7-5-20(29)6-8-27/h3-4,9-10,13-15,20,24,29H,5-8,12H2,1-2H3. The number of benzene rings is 1. The maximum atomic E-state index is 9.71. The van der Waals surface area contributed by atoms with E-state index in [0.29, 0.717) is 12.1 Å². The number of aromatic nitrogens is 3. The normalized spacial score (nSPS) is 15.1. The lowest BCUT2D eigenvalue weighted by atomic mass is 10.0. The Morgan fingerprint density at radius 3 is 2.76 bits per heavy atom. The third kappa shape index (κ3) is 4.03. The van der Waals surface area contributed by atoms with E-state index in [-0.39, 0.29) is 12.1 Å². The molecule has 7 heteroatoms. The molecule has 29 heavy (non-hydrogen) atoms. The number of nitriles is 1. The molecule has 2 N–H and O–H groups in total. The molecule has 150 valence electrons. The van der Waals surface area contributed by atoms with E-state index < -0.39 is 0 Å². The Morgan fingerprint density at radius 1 is 1.24 bits per heavy atom. The molecule has 1 fully saturated rings. The van der Waals surface area contributed by atoms with Gasteiger partial charge in [-0.1, -0.05) is 0 Å². The minimum atomic E-state index is -0.226. The Balaban J connectivity index is 1.47. The van der Waals surface area contributed by atoms with Crippen molar-refractivity contribution in [1.29, 1.82) is 5.26 Å². The number of fused-ring (bicyclic) bond motifs is 1. The molecule has 0 bridgehead atoms. The molecule has 0 aliphatic carbocycles. The molecule has 0 unspecified atom stereocenters. The molecule has 1 saturated heterocycles. The molecule has 1 aliphatic rings. The molecule has 0 radical (unpaired) electrons. The lowest BCUT2D eigenvalue weighted by Crippen LogP contribution is -2.36. The van der Waals surface area contributed by atoms with Gasteiger partial charge in [0.25, 0.3) is 0 Å². The van der Waals surface area contributed by atoms with Crippen molar-refractivity contribution in [2.24, 2.45) is 0 Å². The average molecular weight is 390 g/mol. The maximum absolute atomic E-state index is 9.71. The van der Waals surface area contributed by atoms with Crippen LogP contribution < -0.4 is 10.2 Å². The highest BCUT2D eigenvalue weighted by atomic mass is 16.3. The zero-order valence-electron chi connectivity index (χ0n) is 16.8. The lowest BCUT2D eigenvalue weighted by Gasteiger charge is -2.32. The number of pyridine rings is 1. The van der Waals surface area contributed by atoms with Gasteiger partial charge in [-0.2, -0.15) is 10.4 Å². The van der Waals surface area contributed by atoms with Crippen LogP contribution >= 0.6 is 0 Å². The second-order valence-corrected chi connectivity index (χ2v) is 7.85. The van der Waals surface area contributed by atoms with Crippen LogP contribution in [0.25, 0.3) is 11.0 Å². The van der Waals surface area contributed by atoms with E-state index in [0.717, 1.165) is 53.9 Å². The van der Waals surface area contributed by atoms with E-state index in [4.69, 9.17) is 0 Å². The van der Waals surface area contributed by atoms with Gasteiger partial charge in [-0.15, -0.1) is 0 Å². The van der Waals surface area contributed by atoms with Crippen LogP contribution in [0.4, 0.5) is 11.4 Å². The summed E-state index contributed by atoms with van der Waals surface area (Å²) < 4.78 is 1.92. The topological polar surface area (TPSA) is 90.0 Å². The Bertz CT molecular complexity index is 1040. The molecule has 0 saturated carbocycles. The molecule has 0 atom stereocenters. The number of aliphatic hydroxyl groups excluding tert-OH is 1. The van der Waals surface area contributed by atoms with Crippen molar-refractivity contribution in [3.8, 4) is 6.07 Å². The summed E-state index contributed by atoms with van der Waals surface area (Å²) in [6.07, 6.45) is 4.98. The van der Waals surface area contributed by atoms with Crippen LogP contribution in [0.1, 0.15) is 43.9 Å². The monoisotopic (exact) mass is 390 g/mol. The fourth-order valence-electron chi connectivity index (χ4n) is 3.78. The fourth-order valence-corrected chi connectivity index (χ4v) is 3.78. The van der Waals surface area contributed by atoms with Crippen LogP contribution in [-0.2, 0) is 6.54 Å². The molecule has 7 nitrogen and oxygen atoms in total. The highest BCUT2D eigenvalue weighted by molar-refractivity contribution is 5.75.